The lowest BCUT2D eigenvalue weighted by atomic mass is 10.1. The number of halogens is 1. The average Bonchev–Trinajstić information content (AvgIpc) is 2.96. The summed E-state index contributed by atoms with van der Waals surface area (Å²) in [4.78, 5) is 17.2. The highest BCUT2D eigenvalue weighted by molar-refractivity contribution is 7.89. The van der Waals surface area contributed by atoms with Crippen molar-refractivity contribution in [1.82, 2.24) is 14.1 Å². The van der Waals surface area contributed by atoms with Gasteiger partial charge in [0, 0.05) is 39.3 Å². The number of carbonyl (C=O) groups excluding carboxylic acids is 1. The van der Waals surface area contributed by atoms with Gasteiger partial charge in [-0.25, -0.2) is 12.8 Å². The molecule has 2 fully saturated rings. The molecule has 154 valence electrons. The Balaban J connectivity index is 1.46. The Morgan fingerprint density at radius 2 is 1.59 bits per heavy atom. The van der Waals surface area contributed by atoms with E-state index in [1.54, 1.807) is 47.4 Å². The molecule has 29 heavy (non-hydrogen) atoms. The van der Waals surface area contributed by atoms with Crippen molar-refractivity contribution in [1.29, 1.82) is 0 Å². The molecule has 0 radical (unpaired) electrons. The second-order valence-corrected chi connectivity index (χ2v) is 9.38. The van der Waals surface area contributed by atoms with E-state index in [2.05, 4.69) is 4.90 Å². The Bertz CT molecular complexity index is 966. The van der Waals surface area contributed by atoms with Gasteiger partial charge >= 0.3 is 0 Å². The minimum atomic E-state index is -3.57. The van der Waals surface area contributed by atoms with Crippen LogP contribution in [0, 0.1) is 5.82 Å². The minimum Gasteiger partial charge on any atom is -0.336 e. The number of benzene rings is 2. The minimum absolute atomic E-state index is 0.0135. The van der Waals surface area contributed by atoms with Crippen molar-refractivity contribution < 1.29 is 17.6 Å². The number of amides is 1. The normalized spacial score (nSPS) is 21.6. The summed E-state index contributed by atoms with van der Waals surface area (Å²) in [6.07, 6.45) is 0.463. The first-order valence-corrected chi connectivity index (χ1v) is 11.2. The molecule has 0 bridgehead atoms. The van der Waals surface area contributed by atoms with Crippen LogP contribution in [0.3, 0.4) is 0 Å². The number of rotatable bonds is 4. The smallest absolute Gasteiger partial charge is 0.243 e. The number of fused-ring (bicyclic) bond motifs is 1. The lowest BCUT2D eigenvalue weighted by Crippen LogP contribution is -2.56. The van der Waals surface area contributed by atoms with Gasteiger partial charge in [0.25, 0.3) is 0 Å². The summed E-state index contributed by atoms with van der Waals surface area (Å²) < 4.78 is 40.5. The summed E-state index contributed by atoms with van der Waals surface area (Å²) >= 11 is 0. The van der Waals surface area contributed by atoms with Gasteiger partial charge in [0.2, 0.25) is 15.9 Å². The fourth-order valence-corrected chi connectivity index (χ4v) is 5.49. The van der Waals surface area contributed by atoms with Crippen LogP contribution in [0.2, 0.25) is 0 Å². The van der Waals surface area contributed by atoms with Gasteiger partial charge in [-0.15, -0.1) is 0 Å². The molecule has 8 heteroatoms. The summed E-state index contributed by atoms with van der Waals surface area (Å²) in [7, 11) is -3.57. The van der Waals surface area contributed by atoms with Crippen LogP contribution in [-0.4, -0.2) is 67.2 Å². The van der Waals surface area contributed by atoms with E-state index in [0.717, 1.165) is 5.56 Å². The monoisotopic (exact) mass is 417 g/mol. The molecule has 0 spiro atoms. The van der Waals surface area contributed by atoms with Crippen molar-refractivity contribution in [3.05, 3.63) is 66.0 Å². The van der Waals surface area contributed by atoms with Crippen molar-refractivity contribution in [2.24, 2.45) is 0 Å². The molecule has 4 rings (SSSR count). The molecule has 0 aliphatic carbocycles. The molecular formula is C21H24FN3O3S. The van der Waals surface area contributed by atoms with E-state index in [1.807, 2.05) is 0 Å². The summed E-state index contributed by atoms with van der Waals surface area (Å²) in [6, 6.07) is 14.3. The third kappa shape index (κ3) is 4.19. The average molecular weight is 418 g/mol. The van der Waals surface area contributed by atoms with Crippen molar-refractivity contribution in [2.75, 3.05) is 32.7 Å². The zero-order chi connectivity index (χ0) is 20.4. The lowest BCUT2D eigenvalue weighted by molar-refractivity contribution is -0.142. The summed E-state index contributed by atoms with van der Waals surface area (Å²) in [6.45, 7) is 2.95. The number of nitrogens with zero attached hydrogens (tertiary/aromatic N) is 3. The first-order chi connectivity index (χ1) is 13.9. The van der Waals surface area contributed by atoms with Crippen LogP contribution in [0.25, 0.3) is 0 Å². The molecule has 6 nitrogen and oxygen atoms in total. The molecule has 2 saturated heterocycles. The van der Waals surface area contributed by atoms with Gasteiger partial charge in [0.05, 0.1) is 10.9 Å². The quantitative estimate of drug-likeness (QED) is 0.763. The van der Waals surface area contributed by atoms with Crippen molar-refractivity contribution in [2.45, 2.75) is 23.9 Å². The molecular weight excluding hydrogens is 393 g/mol. The summed E-state index contributed by atoms with van der Waals surface area (Å²) in [5.74, 6) is -0.284. The second-order valence-electron chi connectivity index (χ2n) is 7.44. The van der Waals surface area contributed by atoms with Gasteiger partial charge in [-0.1, -0.05) is 30.3 Å². The van der Waals surface area contributed by atoms with Crippen LogP contribution in [0.15, 0.2) is 59.5 Å². The molecule has 1 amide bonds. The molecule has 1 atom stereocenters. The van der Waals surface area contributed by atoms with E-state index in [0.29, 0.717) is 45.7 Å². The maximum absolute atomic E-state index is 13.1. The Kier molecular flexibility index (Phi) is 5.67. The van der Waals surface area contributed by atoms with E-state index in [1.165, 1.54) is 16.4 Å². The Morgan fingerprint density at radius 1 is 0.897 bits per heavy atom. The molecule has 1 unspecified atom stereocenters. The van der Waals surface area contributed by atoms with Gasteiger partial charge in [-0.3, -0.25) is 9.69 Å². The van der Waals surface area contributed by atoms with E-state index in [9.17, 15) is 17.6 Å². The number of hydrogen-bond acceptors (Lipinski definition) is 4. The SMILES string of the molecule is O=C1C2CCN(S(=O)(=O)c3ccccc3)CCN2CCN1Cc1ccc(F)cc1. The first-order valence-electron chi connectivity index (χ1n) is 9.77. The predicted molar refractivity (Wildman–Crippen MR) is 107 cm³/mol. The van der Waals surface area contributed by atoms with Crippen LogP contribution in [0.4, 0.5) is 4.39 Å². The molecule has 0 saturated carbocycles. The Morgan fingerprint density at radius 3 is 2.31 bits per heavy atom. The highest BCUT2D eigenvalue weighted by atomic mass is 32.2. The summed E-state index contributed by atoms with van der Waals surface area (Å²) in [5, 5.41) is 0. The zero-order valence-corrected chi connectivity index (χ0v) is 16.9. The molecule has 2 aliphatic heterocycles. The van der Waals surface area contributed by atoms with Crippen molar-refractivity contribution >= 4 is 15.9 Å². The van der Waals surface area contributed by atoms with Gasteiger partial charge in [0.15, 0.2) is 0 Å². The number of hydrogen-bond donors (Lipinski definition) is 0. The molecule has 0 aromatic heterocycles. The van der Waals surface area contributed by atoms with E-state index in [-0.39, 0.29) is 22.7 Å². The van der Waals surface area contributed by atoms with Gasteiger partial charge in [-0.05, 0) is 36.2 Å². The summed E-state index contributed by atoms with van der Waals surface area (Å²) in [5.41, 5.74) is 0.884. The van der Waals surface area contributed by atoms with Gasteiger partial charge in [0.1, 0.15) is 5.82 Å². The number of piperazine rings is 1. The topological polar surface area (TPSA) is 60.9 Å². The lowest BCUT2D eigenvalue weighted by Gasteiger charge is -2.39. The van der Waals surface area contributed by atoms with Crippen LogP contribution in [0.5, 0.6) is 0 Å². The Hall–Kier alpha value is -2.29. The molecule has 2 aliphatic rings. The first kappa shape index (κ1) is 20.0. The highest BCUT2D eigenvalue weighted by Crippen LogP contribution is 2.23. The van der Waals surface area contributed by atoms with Crippen LogP contribution in [-0.2, 0) is 21.4 Å². The van der Waals surface area contributed by atoms with E-state index < -0.39 is 10.0 Å². The largest absolute Gasteiger partial charge is 0.336 e. The molecule has 2 aromatic carbocycles. The van der Waals surface area contributed by atoms with Crippen LogP contribution in [0.1, 0.15) is 12.0 Å². The maximum Gasteiger partial charge on any atom is 0.243 e. The fourth-order valence-electron chi connectivity index (χ4n) is 4.02. The van der Waals surface area contributed by atoms with E-state index >= 15 is 0 Å². The predicted octanol–water partition coefficient (Wildman–Crippen LogP) is 1.93. The molecule has 2 aromatic rings. The maximum atomic E-state index is 13.1. The molecule has 2 heterocycles. The van der Waals surface area contributed by atoms with Gasteiger partial charge in [-0.2, -0.15) is 4.31 Å². The second kappa shape index (κ2) is 8.22. The van der Waals surface area contributed by atoms with Crippen molar-refractivity contribution in [3.8, 4) is 0 Å². The highest BCUT2D eigenvalue weighted by Gasteiger charge is 2.38. The molecule has 0 N–H and O–H groups in total. The Labute approximate surface area is 170 Å². The standard InChI is InChI=1S/C21H24FN3O3S/c22-18-8-6-17(7-9-18)16-24-13-12-23-14-15-25(11-10-20(23)21(24)26)29(27,28)19-4-2-1-3-5-19/h1-9,20H,10-16H2. The zero-order valence-electron chi connectivity index (χ0n) is 16.1. The fraction of sp³-hybridized carbons (Fsp3) is 0.381. The number of carbonyl (C=O) groups is 1. The van der Waals surface area contributed by atoms with Crippen LogP contribution < -0.4 is 0 Å². The third-order valence-corrected chi connectivity index (χ3v) is 7.56. The van der Waals surface area contributed by atoms with Crippen molar-refractivity contribution in [3.63, 3.8) is 0 Å². The van der Waals surface area contributed by atoms with Crippen LogP contribution >= 0.6 is 0 Å². The third-order valence-electron chi connectivity index (χ3n) is 5.65. The van der Waals surface area contributed by atoms with Gasteiger partial charge < -0.3 is 4.90 Å². The number of sulfonamides is 1. The van der Waals surface area contributed by atoms with E-state index in [4.69, 9.17) is 0 Å².